The predicted molar refractivity (Wildman–Crippen MR) is 70.7 cm³/mol. The zero-order valence-corrected chi connectivity index (χ0v) is 11.6. The summed E-state index contributed by atoms with van der Waals surface area (Å²) in [4.78, 5) is 4.30. The molecule has 0 aliphatic rings. The van der Waals surface area contributed by atoms with E-state index in [1.54, 1.807) is 23.5 Å². The van der Waals surface area contributed by atoms with Gasteiger partial charge in [-0.1, -0.05) is 19.0 Å². The highest BCUT2D eigenvalue weighted by Crippen LogP contribution is 2.18. The Morgan fingerprint density at radius 3 is 2.81 bits per heavy atom. The molecule has 4 nitrogen and oxygen atoms in total. The second kappa shape index (κ2) is 7.19. The molecular weight excluding hydrogens is 242 g/mol. The van der Waals surface area contributed by atoms with Gasteiger partial charge >= 0.3 is 0 Å². The fourth-order valence-corrected chi connectivity index (χ4v) is 2.18. The molecule has 0 fully saturated rings. The van der Waals surface area contributed by atoms with Crippen LogP contribution in [0.25, 0.3) is 0 Å². The van der Waals surface area contributed by atoms with E-state index in [4.69, 9.17) is 10.3 Å². The molecule has 2 N–H and O–H groups in total. The van der Waals surface area contributed by atoms with Gasteiger partial charge in [-0.3, -0.25) is 0 Å². The molecule has 0 amide bonds. The number of nitrogens with zero attached hydrogens (tertiary/aromatic N) is 2. The van der Waals surface area contributed by atoms with Crippen LogP contribution in [-0.2, 0) is 5.75 Å². The number of nitrogens with two attached hydrogens (primary N) is 1. The highest BCUT2D eigenvalue weighted by Gasteiger charge is 2.14. The Labute approximate surface area is 105 Å². The van der Waals surface area contributed by atoms with E-state index in [2.05, 4.69) is 30.2 Å². The maximum Gasteiger partial charge on any atom is 0.243 e. The summed E-state index contributed by atoms with van der Waals surface area (Å²) in [5, 5.41) is 4.50. The number of hydrogen-bond donors (Lipinski definition) is 1. The summed E-state index contributed by atoms with van der Waals surface area (Å²) in [5.41, 5.74) is 5.93. The van der Waals surface area contributed by atoms with Crippen LogP contribution in [0.2, 0.25) is 0 Å². The Morgan fingerprint density at radius 1 is 1.44 bits per heavy atom. The summed E-state index contributed by atoms with van der Waals surface area (Å²) in [7, 11) is 0. The van der Waals surface area contributed by atoms with E-state index in [1.807, 2.05) is 0 Å². The first-order valence-electron chi connectivity index (χ1n) is 5.32. The third-order valence-corrected chi connectivity index (χ3v) is 3.72. The molecule has 0 aliphatic carbocycles. The average Bonchev–Trinajstić information content (AvgIpc) is 2.71. The van der Waals surface area contributed by atoms with Crippen molar-refractivity contribution in [3.8, 4) is 0 Å². The van der Waals surface area contributed by atoms with Gasteiger partial charge in [0.15, 0.2) is 5.82 Å². The highest BCUT2D eigenvalue weighted by molar-refractivity contribution is 7.99. The van der Waals surface area contributed by atoms with E-state index in [0.29, 0.717) is 11.1 Å². The molecule has 92 valence electrons. The maximum absolute atomic E-state index is 5.93. The van der Waals surface area contributed by atoms with Gasteiger partial charge in [0.2, 0.25) is 5.89 Å². The molecule has 0 radical (unpaired) electrons. The molecule has 16 heavy (non-hydrogen) atoms. The smallest absolute Gasteiger partial charge is 0.243 e. The summed E-state index contributed by atoms with van der Waals surface area (Å²) in [6.45, 7) is 4.30. The quantitative estimate of drug-likeness (QED) is 0.813. The summed E-state index contributed by atoms with van der Waals surface area (Å²) in [5.74, 6) is 3.11. The Morgan fingerprint density at radius 2 is 2.19 bits per heavy atom. The van der Waals surface area contributed by atoms with Crippen molar-refractivity contribution in [3.05, 3.63) is 11.7 Å². The zero-order chi connectivity index (χ0) is 12.0. The maximum atomic E-state index is 5.93. The molecule has 1 heterocycles. The van der Waals surface area contributed by atoms with Crippen molar-refractivity contribution in [2.45, 2.75) is 37.3 Å². The molecule has 0 saturated carbocycles. The van der Waals surface area contributed by atoms with Gasteiger partial charge in [-0.2, -0.15) is 28.5 Å². The number of hydrogen-bond acceptors (Lipinski definition) is 6. The van der Waals surface area contributed by atoms with Crippen molar-refractivity contribution in [3.63, 3.8) is 0 Å². The lowest BCUT2D eigenvalue weighted by Gasteiger charge is -2.03. The molecule has 1 aromatic rings. The lowest BCUT2D eigenvalue weighted by molar-refractivity contribution is 0.350. The minimum atomic E-state index is -0.127. The van der Waals surface area contributed by atoms with Gasteiger partial charge in [0.25, 0.3) is 0 Å². The fraction of sp³-hybridized carbons (Fsp3) is 0.800. The molecule has 1 atom stereocenters. The molecule has 1 rings (SSSR count). The second-order valence-electron chi connectivity index (χ2n) is 3.80. The Hall–Kier alpha value is -0.200. The van der Waals surface area contributed by atoms with Gasteiger partial charge < -0.3 is 10.3 Å². The highest BCUT2D eigenvalue weighted by atomic mass is 32.2. The second-order valence-corrected chi connectivity index (χ2v) is 6.35. The molecular formula is C10H19N3OS2. The molecule has 0 bridgehead atoms. The van der Waals surface area contributed by atoms with E-state index >= 15 is 0 Å². The molecule has 1 aromatic heterocycles. The summed E-state index contributed by atoms with van der Waals surface area (Å²) in [6, 6.07) is -0.127. The lowest BCUT2D eigenvalue weighted by Crippen LogP contribution is -2.11. The Kier molecular flexibility index (Phi) is 6.23. The van der Waals surface area contributed by atoms with Crippen molar-refractivity contribution in [2.24, 2.45) is 5.73 Å². The van der Waals surface area contributed by atoms with Crippen LogP contribution in [0.4, 0.5) is 0 Å². The van der Waals surface area contributed by atoms with Crippen molar-refractivity contribution in [1.82, 2.24) is 10.1 Å². The molecule has 0 spiro atoms. The minimum Gasteiger partial charge on any atom is -0.338 e. The van der Waals surface area contributed by atoms with Crippen LogP contribution in [0.1, 0.15) is 38.0 Å². The predicted octanol–water partition coefficient (Wildman–Crippen LogP) is 2.46. The molecule has 0 aromatic carbocycles. The Balaban J connectivity index is 2.43. The third-order valence-electron chi connectivity index (χ3n) is 1.98. The molecule has 6 heteroatoms. The number of aromatic nitrogens is 2. The SMILES string of the molecule is CSCCC(N)c1nc(CSC(C)C)no1. The van der Waals surface area contributed by atoms with Gasteiger partial charge in [-0.25, -0.2) is 0 Å². The van der Waals surface area contributed by atoms with E-state index in [1.165, 1.54) is 0 Å². The van der Waals surface area contributed by atoms with E-state index in [9.17, 15) is 0 Å². The van der Waals surface area contributed by atoms with E-state index < -0.39 is 0 Å². The van der Waals surface area contributed by atoms with E-state index in [0.717, 1.165) is 23.8 Å². The molecule has 0 saturated heterocycles. The third kappa shape index (κ3) is 4.76. The normalized spacial score (nSPS) is 13.3. The van der Waals surface area contributed by atoms with Crippen LogP contribution in [0.5, 0.6) is 0 Å². The minimum absolute atomic E-state index is 0.127. The van der Waals surface area contributed by atoms with Gasteiger partial charge in [0.1, 0.15) is 0 Å². The van der Waals surface area contributed by atoms with Crippen molar-refractivity contribution in [2.75, 3.05) is 12.0 Å². The lowest BCUT2D eigenvalue weighted by atomic mass is 10.2. The fourth-order valence-electron chi connectivity index (χ4n) is 1.09. The standard InChI is InChI=1S/C10H19N3OS2/c1-7(2)16-6-9-12-10(14-13-9)8(11)4-5-15-3/h7-8H,4-6,11H2,1-3H3. The van der Waals surface area contributed by atoms with Crippen molar-refractivity contribution >= 4 is 23.5 Å². The average molecular weight is 261 g/mol. The van der Waals surface area contributed by atoms with Crippen molar-refractivity contribution in [1.29, 1.82) is 0 Å². The van der Waals surface area contributed by atoms with Gasteiger partial charge in [0, 0.05) is 0 Å². The first-order valence-corrected chi connectivity index (χ1v) is 7.76. The van der Waals surface area contributed by atoms with Gasteiger partial charge in [-0.15, -0.1) is 0 Å². The summed E-state index contributed by atoms with van der Waals surface area (Å²) < 4.78 is 5.15. The van der Waals surface area contributed by atoms with E-state index in [-0.39, 0.29) is 6.04 Å². The van der Waals surface area contributed by atoms with Gasteiger partial charge in [0.05, 0.1) is 11.8 Å². The Bertz CT molecular complexity index is 304. The van der Waals surface area contributed by atoms with Crippen LogP contribution < -0.4 is 5.73 Å². The topological polar surface area (TPSA) is 64.9 Å². The summed E-state index contributed by atoms with van der Waals surface area (Å²) >= 11 is 3.57. The number of thioether (sulfide) groups is 2. The molecule has 0 aliphatic heterocycles. The monoisotopic (exact) mass is 261 g/mol. The van der Waals surface area contributed by atoms with Crippen LogP contribution >= 0.6 is 23.5 Å². The zero-order valence-electron chi connectivity index (χ0n) is 9.97. The van der Waals surface area contributed by atoms with Crippen LogP contribution in [0.3, 0.4) is 0 Å². The van der Waals surface area contributed by atoms with Crippen LogP contribution in [0, 0.1) is 0 Å². The van der Waals surface area contributed by atoms with Crippen LogP contribution in [-0.4, -0.2) is 27.4 Å². The number of rotatable bonds is 7. The largest absolute Gasteiger partial charge is 0.338 e. The van der Waals surface area contributed by atoms with Gasteiger partial charge in [-0.05, 0) is 23.7 Å². The van der Waals surface area contributed by atoms with Crippen molar-refractivity contribution < 1.29 is 4.52 Å². The summed E-state index contributed by atoms with van der Waals surface area (Å²) in [6.07, 6.45) is 2.94. The van der Waals surface area contributed by atoms with Crippen LogP contribution in [0.15, 0.2) is 4.52 Å². The first-order chi connectivity index (χ1) is 7.63. The molecule has 1 unspecified atom stereocenters. The first kappa shape index (κ1) is 13.9.